The topological polar surface area (TPSA) is 91.1 Å². The molecule has 7 heteroatoms. The van der Waals surface area contributed by atoms with Gasteiger partial charge in [-0.2, -0.15) is 0 Å². The summed E-state index contributed by atoms with van der Waals surface area (Å²) in [6.45, 7) is 0. The minimum Gasteiger partial charge on any atom is -0.328 e. The first kappa shape index (κ1) is 15.7. The number of hydrogen-bond acceptors (Lipinski definition) is 4. The lowest BCUT2D eigenvalue weighted by molar-refractivity contribution is 0.102. The number of benzene rings is 1. The molecule has 0 aliphatic rings. The first-order valence-corrected chi connectivity index (χ1v) is 7.95. The minimum absolute atomic E-state index is 0.0190. The largest absolute Gasteiger partial charge is 0.328 e. The molecule has 2 amide bonds. The molecule has 2 aromatic heterocycles. The van der Waals surface area contributed by atoms with E-state index >= 15 is 0 Å². The van der Waals surface area contributed by atoms with Gasteiger partial charge in [-0.05, 0) is 41.8 Å². The van der Waals surface area contributed by atoms with Crippen molar-refractivity contribution in [3.63, 3.8) is 0 Å². The second kappa shape index (κ2) is 6.93. The van der Waals surface area contributed by atoms with Gasteiger partial charge in [0.2, 0.25) is 0 Å². The van der Waals surface area contributed by atoms with E-state index in [1.807, 2.05) is 5.38 Å². The van der Waals surface area contributed by atoms with Crippen molar-refractivity contribution in [2.24, 2.45) is 0 Å². The highest BCUT2D eigenvalue weighted by Crippen LogP contribution is 2.18. The van der Waals surface area contributed by atoms with Crippen molar-refractivity contribution < 1.29 is 9.59 Å². The average molecular weight is 339 g/mol. The van der Waals surface area contributed by atoms with Gasteiger partial charge in [0.05, 0.1) is 4.88 Å². The van der Waals surface area contributed by atoms with Crippen LogP contribution in [0.3, 0.4) is 0 Å². The zero-order valence-corrected chi connectivity index (χ0v) is 13.2. The lowest BCUT2D eigenvalue weighted by Gasteiger charge is -2.08. The van der Waals surface area contributed by atoms with Crippen molar-refractivity contribution in [3.8, 4) is 0 Å². The number of H-pyrrole nitrogens is 1. The summed E-state index contributed by atoms with van der Waals surface area (Å²) in [6.07, 6.45) is 1.46. The fraction of sp³-hybridized carbons (Fsp3) is 0. The van der Waals surface area contributed by atoms with Crippen LogP contribution in [0.15, 0.2) is 64.9 Å². The van der Waals surface area contributed by atoms with Crippen molar-refractivity contribution in [2.45, 2.75) is 0 Å². The van der Waals surface area contributed by atoms with Gasteiger partial charge < -0.3 is 15.6 Å². The summed E-state index contributed by atoms with van der Waals surface area (Å²) in [5, 5.41) is 7.22. The number of carbonyl (C=O) groups is 2. The molecule has 3 aromatic rings. The van der Waals surface area contributed by atoms with Crippen LogP contribution in [0.25, 0.3) is 0 Å². The fourth-order valence-corrected chi connectivity index (χ4v) is 2.69. The number of anilines is 2. The Kier molecular flexibility index (Phi) is 4.53. The van der Waals surface area contributed by atoms with Gasteiger partial charge in [0.1, 0.15) is 5.56 Å². The van der Waals surface area contributed by atoms with Gasteiger partial charge in [-0.3, -0.25) is 14.4 Å². The Morgan fingerprint density at radius 2 is 1.67 bits per heavy atom. The van der Waals surface area contributed by atoms with E-state index in [2.05, 4.69) is 15.6 Å². The SMILES string of the molecule is O=C(Nc1cccc(NC(=O)c2ccc[nH]c2=O)c1)c1cccs1. The molecule has 6 nitrogen and oxygen atoms in total. The number of amides is 2. The van der Waals surface area contributed by atoms with Crippen LogP contribution in [0.2, 0.25) is 0 Å². The smallest absolute Gasteiger partial charge is 0.265 e. The normalized spacial score (nSPS) is 10.2. The summed E-state index contributed by atoms with van der Waals surface area (Å²) >= 11 is 1.34. The maximum Gasteiger partial charge on any atom is 0.265 e. The first-order valence-electron chi connectivity index (χ1n) is 7.07. The number of nitrogens with one attached hydrogen (secondary N) is 3. The van der Waals surface area contributed by atoms with Gasteiger partial charge in [-0.25, -0.2) is 0 Å². The Balaban J connectivity index is 1.74. The number of rotatable bonds is 4. The molecule has 0 unspecified atom stereocenters. The second-order valence-corrected chi connectivity index (χ2v) is 5.83. The van der Waals surface area contributed by atoms with E-state index in [0.29, 0.717) is 16.3 Å². The van der Waals surface area contributed by atoms with Gasteiger partial charge in [-0.15, -0.1) is 11.3 Å². The van der Waals surface area contributed by atoms with E-state index in [9.17, 15) is 14.4 Å². The van der Waals surface area contributed by atoms with E-state index in [-0.39, 0.29) is 11.5 Å². The van der Waals surface area contributed by atoms with Crippen LogP contribution in [-0.4, -0.2) is 16.8 Å². The van der Waals surface area contributed by atoms with Crippen LogP contribution in [0.1, 0.15) is 20.0 Å². The molecule has 2 heterocycles. The summed E-state index contributed by atoms with van der Waals surface area (Å²) < 4.78 is 0. The summed E-state index contributed by atoms with van der Waals surface area (Å²) in [4.78, 5) is 38.8. The Bertz CT molecular complexity index is 932. The van der Waals surface area contributed by atoms with Crippen LogP contribution in [0, 0.1) is 0 Å². The second-order valence-electron chi connectivity index (χ2n) is 4.88. The van der Waals surface area contributed by atoms with E-state index in [1.165, 1.54) is 23.6 Å². The highest BCUT2D eigenvalue weighted by molar-refractivity contribution is 7.12. The molecular formula is C17H13N3O3S. The molecule has 0 aliphatic carbocycles. The van der Waals surface area contributed by atoms with Gasteiger partial charge in [0, 0.05) is 17.6 Å². The van der Waals surface area contributed by atoms with Crippen LogP contribution in [-0.2, 0) is 0 Å². The molecule has 0 bridgehead atoms. The number of carbonyl (C=O) groups excluding carboxylic acids is 2. The lowest BCUT2D eigenvalue weighted by Crippen LogP contribution is -2.22. The predicted molar refractivity (Wildman–Crippen MR) is 93.7 cm³/mol. The van der Waals surface area contributed by atoms with Crippen molar-refractivity contribution in [2.75, 3.05) is 10.6 Å². The molecule has 0 spiro atoms. The third-order valence-electron chi connectivity index (χ3n) is 3.19. The van der Waals surface area contributed by atoms with Gasteiger partial charge in [-0.1, -0.05) is 12.1 Å². The van der Waals surface area contributed by atoms with Gasteiger partial charge in [0.25, 0.3) is 17.4 Å². The zero-order chi connectivity index (χ0) is 16.9. The van der Waals surface area contributed by atoms with Crippen LogP contribution >= 0.6 is 11.3 Å². The number of thiophene rings is 1. The number of aromatic amines is 1. The highest BCUT2D eigenvalue weighted by Gasteiger charge is 2.11. The molecule has 120 valence electrons. The molecule has 1 aromatic carbocycles. The average Bonchev–Trinajstić information content (AvgIpc) is 3.10. The highest BCUT2D eigenvalue weighted by atomic mass is 32.1. The maximum absolute atomic E-state index is 12.1. The van der Waals surface area contributed by atoms with Gasteiger partial charge >= 0.3 is 0 Å². The fourth-order valence-electron chi connectivity index (χ4n) is 2.07. The van der Waals surface area contributed by atoms with Crippen molar-refractivity contribution >= 4 is 34.5 Å². The molecule has 3 rings (SSSR count). The monoisotopic (exact) mass is 339 g/mol. The van der Waals surface area contributed by atoms with Crippen LogP contribution < -0.4 is 16.2 Å². The summed E-state index contributed by atoms with van der Waals surface area (Å²) in [7, 11) is 0. The maximum atomic E-state index is 12.1. The standard InChI is InChI=1S/C17H13N3O3S/c21-15-13(6-2-8-18-15)16(22)19-11-4-1-5-12(10-11)20-17(23)14-7-3-9-24-14/h1-10H,(H,18,21)(H,19,22)(H,20,23). The van der Waals surface area contributed by atoms with Crippen molar-refractivity contribution in [1.29, 1.82) is 0 Å². The zero-order valence-electron chi connectivity index (χ0n) is 12.4. The van der Waals surface area contributed by atoms with Gasteiger partial charge in [0.15, 0.2) is 0 Å². The summed E-state index contributed by atoms with van der Waals surface area (Å²) in [5.41, 5.74) is 0.586. The quantitative estimate of drug-likeness (QED) is 0.682. The third kappa shape index (κ3) is 3.58. The van der Waals surface area contributed by atoms with Crippen LogP contribution in [0.4, 0.5) is 11.4 Å². The number of pyridine rings is 1. The molecule has 24 heavy (non-hydrogen) atoms. The minimum atomic E-state index is -0.515. The number of hydrogen-bond donors (Lipinski definition) is 3. The first-order chi connectivity index (χ1) is 11.6. The van der Waals surface area contributed by atoms with E-state index < -0.39 is 11.5 Å². The number of aromatic nitrogens is 1. The molecule has 3 N–H and O–H groups in total. The van der Waals surface area contributed by atoms with E-state index in [4.69, 9.17) is 0 Å². The molecule has 0 radical (unpaired) electrons. The molecule has 0 aliphatic heterocycles. The molecule has 0 atom stereocenters. The van der Waals surface area contributed by atoms with Crippen LogP contribution in [0.5, 0.6) is 0 Å². The van der Waals surface area contributed by atoms with Crippen molar-refractivity contribution in [3.05, 3.63) is 80.9 Å². The predicted octanol–water partition coefficient (Wildman–Crippen LogP) is 2.94. The van der Waals surface area contributed by atoms with E-state index in [1.54, 1.807) is 42.5 Å². The molecule has 0 saturated carbocycles. The summed E-state index contributed by atoms with van der Waals surface area (Å²) in [6, 6.07) is 13.3. The molecule has 0 fully saturated rings. The summed E-state index contributed by atoms with van der Waals surface area (Å²) in [5.74, 6) is -0.730. The molecular weight excluding hydrogens is 326 g/mol. The molecule has 0 saturated heterocycles. The Morgan fingerprint density at radius 1 is 0.917 bits per heavy atom. The Morgan fingerprint density at radius 3 is 2.33 bits per heavy atom. The third-order valence-corrected chi connectivity index (χ3v) is 4.05. The lowest BCUT2D eigenvalue weighted by atomic mass is 10.2. The Labute approximate surface area is 141 Å². The van der Waals surface area contributed by atoms with E-state index in [0.717, 1.165) is 0 Å². The Hall–Kier alpha value is -3.19. The van der Waals surface area contributed by atoms with Crippen molar-refractivity contribution in [1.82, 2.24) is 4.98 Å².